The highest BCUT2D eigenvalue weighted by molar-refractivity contribution is 5.99. The zero-order chi connectivity index (χ0) is 16.5. The SMILES string of the molecule is COc1cc(C(C)=O)c([N+](=O)[O-])cc1OCC1(C(C)=O)CC1. The van der Waals surface area contributed by atoms with Crippen LogP contribution in [0.3, 0.4) is 0 Å². The largest absolute Gasteiger partial charge is 0.493 e. The number of nitro benzene ring substituents is 1. The molecule has 0 saturated heterocycles. The molecule has 0 spiro atoms. The van der Waals surface area contributed by atoms with Gasteiger partial charge in [0.05, 0.1) is 29.1 Å². The van der Waals surface area contributed by atoms with Gasteiger partial charge < -0.3 is 9.47 Å². The zero-order valence-corrected chi connectivity index (χ0v) is 12.7. The molecule has 0 aromatic heterocycles. The van der Waals surface area contributed by atoms with Crippen LogP contribution >= 0.6 is 0 Å². The molecule has 118 valence electrons. The van der Waals surface area contributed by atoms with Gasteiger partial charge in [-0.15, -0.1) is 0 Å². The molecule has 22 heavy (non-hydrogen) atoms. The molecule has 0 amide bonds. The number of Topliss-reactive ketones (excluding diaryl/α,β-unsaturated/α-hetero) is 2. The molecule has 0 radical (unpaired) electrons. The van der Waals surface area contributed by atoms with Crippen molar-refractivity contribution in [3.8, 4) is 11.5 Å². The van der Waals surface area contributed by atoms with Crippen LogP contribution in [-0.2, 0) is 4.79 Å². The van der Waals surface area contributed by atoms with Crippen molar-refractivity contribution in [1.29, 1.82) is 0 Å². The Morgan fingerprint density at radius 1 is 1.27 bits per heavy atom. The highest BCUT2D eigenvalue weighted by Crippen LogP contribution is 2.47. The van der Waals surface area contributed by atoms with E-state index in [1.54, 1.807) is 0 Å². The first kappa shape index (κ1) is 15.9. The summed E-state index contributed by atoms with van der Waals surface area (Å²) in [5, 5.41) is 11.1. The molecular formula is C15H17NO6. The number of benzene rings is 1. The lowest BCUT2D eigenvalue weighted by Crippen LogP contribution is -2.21. The average molecular weight is 307 g/mol. The fourth-order valence-corrected chi connectivity index (χ4v) is 2.22. The predicted molar refractivity (Wildman–Crippen MR) is 77.5 cm³/mol. The summed E-state index contributed by atoms with van der Waals surface area (Å²) >= 11 is 0. The molecule has 1 aliphatic carbocycles. The van der Waals surface area contributed by atoms with Crippen LogP contribution in [0.2, 0.25) is 0 Å². The third kappa shape index (κ3) is 2.93. The van der Waals surface area contributed by atoms with Gasteiger partial charge in [-0.1, -0.05) is 0 Å². The fraction of sp³-hybridized carbons (Fsp3) is 0.467. The van der Waals surface area contributed by atoms with Crippen molar-refractivity contribution in [3.05, 3.63) is 27.8 Å². The van der Waals surface area contributed by atoms with E-state index >= 15 is 0 Å². The molecule has 1 aliphatic rings. The summed E-state index contributed by atoms with van der Waals surface area (Å²) in [5.41, 5.74) is -0.864. The predicted octanol–water partition coefficient (Wildman–Crippen LogP) is 2.55. The molecule has 1 aromatic rings. The molecular weight excluding hydrogens is 290 g/mol. The van der Waals surface area contributed by atoms with Gasteiger partial charge in [0, 0.05) is 6.07 Å². The molecule has 2 rings (SSSR count). The molecule has 7 nitrogen and oxygen atoms in total. The second kappa shape index (κ2) is 5.75. The second-order valence-corrected chi connectivity index (χ2v) is 5.46. The molecule has 7 heteroatoms. The maximum Gasteiger partial charge on any atom is 0.284 e. The molecule has 0 atom stereocenters. The average Bonchev–Trinajstić information content (AvgIpc) is 3.25. The summed E-state index contributed by atoms with van der Waals surface area (Å²) < 4.78 is 10.7. The van der Waals surface area contributed by atoms with Gasteiger partial charge in [0.15, 0.2) is 17.3 Å². The van der Waals surface area contributed by atoms with E-state index < -0.39 is 16.1 Å². The number of rotatable bonds is 7. The minimum absolute atomic E-state index is 0.0399. The van der Waals surface area contributed by atoms with Crippen molar-refractivity contribution < 1.29 is 24.0 Å². The van der Waals surface area contributed by atoms with Crippen LogP contribution < -0.4 is 9.47 Å². The lowest BCUT2D eigenvalue weighted by atomic mass is 10.0. The zero-order valence-electron chi connectivity index (χ0n) is 12.7. The van der Waals surface area contributed by atoms with Crippen molar-refractivity contribution in [2.24, 2.45) is 5.41 Å². The van der Waals surface area contributed by atoms with Crippen LogP contribution in [-0.4, -0.2) is 30.2 Å². The molecule has 0 bridgehead atoms. The van der Waals surface area contributed by atoms with E-state index in [0.29, 0.717) is 0 Å². The van der Waals surface area contributed by atoms with Gasteiger partial charge in [-0.3, -0.25) is 19.7 Å². The van der Waals surface area contributed by atoms with Gasteiger partial charge in [-0.05, 0) is 26.7 Å². The summed E-state index contributed by atoms with van der Waals surface area (Å²) in [6.45, 7) is 2.90. The molecule has 0 aliphatic heterocycles. The van der Waals surface area contributed by atoms with E-state index in [0.717, 1.165) is 12.8 Å². The van der Waals surface area contributed by atoms with Crippen molar-refractivity contribution in [1.82, 2.24) is 0 Å². The molecule has 1 saturated carbocycles. The minimum Gasteiger partial charge on any atom is -0.493 e. The van der Waals surface area contributed by atoms with E-state index in [4.69, 9.17) is 9.47 Å². The van der Waals surface area contributed by atoms with Crippen molar-refractivity contribution in [2.75, 3.05) is 13.7 Å². The number of ether oxygens (including phenoxy) is 2. The summed E-state index contributed by atoms with van der Waals surface area (Å²) in [6.07, 6.45) is 1.50. The van der Waals surface area contributed by atoms with Crippen molar-refractivity contribution in [2.45, 2.75) is 26.7 Å². The van der Waals surface area contributed by atoms with Crippen LogP contribution in [0.5, 0.6) is 11.5 Å². The number of carbonyl (C=O) groups is 2. The van der Waals surface area contributed by atoms with Crippen LogP contribution in [0.25, 0.3) is 0 Å². The second-order valence-electron chi connectivity index (χ2n) is 5.46. The Labute approximate surface area is 127 Å². The number of hydrogen-bond donors (Lipinski definition) is 0. The first-order valence-electron chi connectivity index (χ1n) is 6.82. The van der Waals surface area contributed by atoms with E-state index in [2.05, 4.69) is 0 Å². The van der Waals surface area contributed by atoms with E-state index in [1.165, 1.54) is 33.1 Å². The number of methoxy groups -OCH3 is 1. The van der Waals surface area contributed by atoms with Gasteiger partial charge in [0.1, 0.15) is 12.4 Å². The molecule has 1 fully saturated rings. The molecule has 0 unspecified atom stereocenters. The lowest BCUT2D eigenvalue weighted by Gasteiger charge is -2.15. The molecule has 0 heterocycles. The van der Waals surface area contributed by atoms with E-state index in [1.807, 2.05) is 0 Å². The Hall–Kier alpha value is -2.44. The van der Waals surface area contributed by atoms with Gasteiger partial charge in [0.25, 0.3) is 5.69 Å². The number of nitrogens with zero attached hydrogens (tertiary/aromatic N) is 1. The fourth-order valence-electron chi connectivity index (χ4n) is 2.22. The maximum atomic E-state index is 11.6. The number of nitro groups is 1. The Morgan fingerprint density at radius 2 is 1.91 bits per heavy atom. The third-order valence-electron chi connectivity index (χ3n) is 3.96. The summed E-state index contributed by atoms with van der Waals surface area (Å²) in [7, 11) is 1.38. The first-order valence-corrected chi connectivity index (χ1v) is 6.82. The third-order valence-corrected chi connectivity index (χ3v) is 3.96. The monoisotopic (exact) mass is 307 g/mol. The standard InChI is InChI=1S/C15H17NO6/c1-9(17)11-6-13(21-3)14(7-12(11)16(19)20)22-8-15(4-5-15)10(2)18/h6-7H,4-5,8H2,1-3H3. The Morgan fingerprint density at radius 3 is 2.32 bits per heavy atom. The Bertz CT molecular complexity index is 648. The van der Waals surface area contributed by atoms with Gasteiger partial charge in [-0.25, -0.2) is 0 Å². The van der Waals surface area contributed by atoms with Crippen LogP contribution in [0.4, 0.5) is 5.69 Å². The van der Waals surface area contributed by atoms with Crippen LogP contribution in [0.15, 0.2) is 12.1 Å². The van der Waals surface area contributed by atoms with Crippen LogP contribution in [0.1, 0.15) is 37.0 Å². The molecule has 1 aromatic carbocycles. The maximum absolute atomic E-state index is 11.6. The summed E-state index contributed by atoms with van der Waals surface area (Å²) in [5.74, 6) is 0.00199. The van der Waals surface area contributed by atoms with E-state index in [-0.39, 0.29) is 35.1 Å². The number of ketones is 2. The normalized spacial score (nSPS) is 15.0. The molecule has 0 N–H and O–H groups in total. The van der Waals surface area contributed by atoms with E-state index in [9.17, 15) is 19.7 Å². The van der Waals surface area contributed by atoms with Gasteiger partial charge >= 0.3 is 0 Å². The van der Waals surface area contributed by atoms with Gasteiger partial charge in [0.2, 0.25) is 0 Å². The van der Waals surface area contributed by atoms with Crippen molar-refractivity contribution in [3.63, 3.8) is 0 Å². The summed E-state index contributed by atoms with van der Waals surface area (Å²) in [6, 6.07) is 2.47. The highest BCUT2D eigenvalue weighted by Gasteiger charge is 2.48. The lowest BCUT2D eigenvalue weighted by molar-refractivity contribution is -0.385. The number of hydrogen-bond acceptors (Lipinski definition) is 6. The Kier molecular flexibility index (Phi) is 4.16. The topological polar surface area (TPSA) is 95.7 Å². The van der Waals surface area contributed by atoms with Crippen molar-refractivity contribution >= 4 is 17.3 Å². The van der Waals surface area contributed by atoms with Crippen LogP contribution in [0, 0.1) is 15.5 Å². The van der Waals surface area contributed by atoms with Gasteiger partial charge in [-0.2, -0.15) is 0 Å². The number of carbonyl (C=O) groups excluding carboxylic acids is 2. The Balaban J connectivity index is 2.34. The highest BCUT2D eigenvalue weighted by atomic mass is 16.6. The summed E-state index contributed by atoms with van der Waals surface area (Å²) in [4.78, 5) is 33.5. The first-order chi connectivity index (χ1) is 10.3. The quantitative estimate of drug-likeness (QED) is 0.436. The minimum atomic E-state index is -0.638. The smallest absolute Gasteiger partial charge is 0.284 e.